The molecule has 0 amide bonds. The van der Waals surface area contributed by atoms with Crippen molar-refractivity contribution in [1.29, 1.82) is 0 Å². The lowest BCUT2D eigenvalue weighted by atomic mass is 9.91. The molecule has 5 rings (SSSR count). The Kier molecular flexibility index (Phi) is 3.71. The second kappa shape index (κ2) is 6.23. The summed E-state index contributed by atoms with van der Waals surface area (Å²) in [5.74, 6) is 0. The van der Waals surface area contributed by atoms with Crippen LogP contribution in [-0.2, 0) is 6.42 Å². The maximum absolute atomic E-state index is 4.95. The van der Waals surface area contributed by atoms with Crippen LogP contribution in [0.5, 0.6) is 0 Å². The van der Waals surface area contributed by atoms with Crippen LogP contribution >= 0.6 is 0 Å². The highest BCUT2D eigenvalue weighted by Gasteiger charge is 2.22. The summed E-state index contributed by atoms with van der Waals surface area (Å²) in [4.78, 5) is 19.2. The van der Waals surface area contributed by atoms with E-state index in [9.17, 15) is 0 Å². The molecule has 4 heterocycles. The Labute approximate surface area is 158 Å². The quantitative estimate of drug-likeness (QED) is 0.614. The lowest BCUT2D eigenvalue weighted by Gasteiger charge is -2.19. The Hall–Kier alpha value is -3.14. The number of nitrogens with zero attached hydrogens (tertiary/aromatic N) is 4. The van der Waals surface area contributed by atoms with Crippen LogP contribution in [-0.4, -0.2) is 20.7 Å². The van der Waals surface area contributed by atoms with Gasteiger partial charge in [0.25, 0.3) is 0 Å². The predicted molar refractivity (Wildman–Crippen MR) is 110 cm³/mol. The summed E-state index contributed by atoms with van der Waals surface area (Å²) < 4.78 is 0. The van der Waals surface area contributed by atoms with Gasteiger partial charge in [-0.25, -0.2) is 9.97 Å². The Morgan fingerprint density at radius 2 is 1.78 bits per heavy atom. The van der Waals surface area contributed by atoms with Gasteiger partial charge in [0.05, 0.1) is 22.8 Å². The third-order valence-corrected chi connectivity index (χ3v) is 5.17. The molecule has 3 aromatic heterocycles. The number of fused-ring (bicyclic) bond motifs is 3. The molecule has 1 aliphatic carbocycles. The maximum Gasteiger partial charge on any atom is 0.160 e. The molecule has 3 aromatic rings. The van der Waals surface area contributed by atoms with Gasteiger partial charge in [0, 0.05) is 16.8 Å². The molecule has 0 bridgehead atoms. The monoisotopic (exact) mass is 352 g/mol. The number of aryl methyl sites for hydroxylation is 2. The average molecular weight is 352 g/mol. The van der Waals surface area contributed by atoms with Gasteiger partial charge in [0.1, 0.15) is 0 Å². The van der Waals surface area contributed by atoms with Gasteiger partial charge in [-0.3, -0.25) is 9.98 Å². The molecule has 0 atom stereocenters. The lowest BCUT2D eigenvalue weighted by Crippen LogP contribution is -2.07. The van der Waals surface area contributed by atoms with Gasteiger partial charge in [-0.2, -0.15) is 0 Å². The molecule has 2 aliphatic rings. The highest BCUT2D eigenvalue weighted by Crippen LogP contribution is 2.35. The Morgan fingerprint density at radius 3 is 2.67 bits per heavy atom. The van der Waals surface area contributed by atoms with E-state index in [0.717, 1.165) is 64.5 Å². The van der Waals surface area contributed by atoms with Crippen LogP contribution in [0.4, 0.5) is 0 Å². The van der Waals surface area contributed by atoms with E-state index in [-0.39, 0.29) is 0 Å². The minimum absolute atomic E-state index is 0.758. The zero-order chi connectivity index (χ0) is 18.4. The molecule has 0 saturated carbocycles. The molecule has 27 heavy (non-hydrogen) atoms. The molecule has 0 N–H and O–H groups in total. The molecular weight excluding hydrogens is 332 g/mol. The molecule has 132 valence electrons. The van der Waals surface area contributed by atoms with Crippen LogP contribution in [0.2, 0.25) is 0 Å². The smallest absolute Gasteiger partial charge is 0.160 e. The molecular formula is C23H20N4. The zero-order valence-electron chi connectivity index (χ0n) is 15.5. The van der Waals surface area contributed by atoms with Crippen molar-refractivity contribution < 1.29 is 0 Å². The molecule has 0 fully saturated rings. The van der Waals surface area contributed by atoms with E-state index in [1.54, 1.807) is 0 Å². The van der Waals surface area contributed by atoms with Gasteiger partial charge in [-0.1, -0.05) is 12.1 Å². The van der Waals surface area contributed by atoms with Crippen LogP contribution in [0, 0.1) is 6.92 Å². The normalized spacial score (nSPS) is 16.0. The zero-order valence-corrected chi connectivity index (χ0v) is 15.5. The van der Waals surface area contributed by atoms with Crippen molar-refractivity contribution in [3.8, 4) is 11.4 Å². The van der Waals surface area contributed by atoms with E-state index in [2.05, 4.69) is 29.3 Å². The number of pyridine rings is 3. The van der Waals surface area contributed by atoms with E-state index in [0.29, 0.717) is 0 Å². The molecule has 1 aliphatic heterocycles. The summed E-state index contributed by atoms with van der Waals surface area (Å²) >= 11 is 0. The highest BCUT2D eigenvalue weighted by molar-refractivity contribution is 5.98. The van der Waals surface area contributed by atoms with E-state index < -0.39 is 0 Å². The maximum atomic E-state index is 4.95. The Bertz CT molecular complexity index is 1170. The third-order valence-electron chi connectivity index (χ3n) is 5.17. The number of rotatable bonds is 1. The van der Waals surface area contributed by atoms with Crippen molar-refractivity contribution in [2.75, 3.05) is 0 Å². The minimum atomic E-state index is 0.758. The van der Waals surface area contributed by atoms with Gasteiger partial charge in [-0.15, -0.1) is 0 Å². The van der Waals surface area contributed by atoms with Crippen molar-refractivity contribution in [2.24, 2.45) is 4.99 Å². The van der Waals surface area contributed by atoms with Crippen molar-refractivity contribution >= 4 is 22.4 Å². The summed E-state index contributed by atoms with van der Waals surface area (Å²) in [7, 11) is 0. The molecule has 4 nitrogen and oxygen atoms in total. The van der Waals surface area contributed by atoms with Gasteiger partial charge in [-0.05, 0) is 80.7 Å². The number of aromatic nitrogens is 3. The number of allylic oxidation sites excluding steroid dienone is 3. The Balaban J connectivity index is 1.68. The highest BCUT2D eigenvalue weighted by atomic mass is 14.9. The summed E-state index contributed by atoms with van der Waals surface area (Å²) in [6.45, 7) is 4.04. The largest absolute Gasteiger partial charge is 0.252 e. The first-order valence-corrected chi connectivity index (χ1v) is 9.36. The molecule has 4 heteroatoms. The fraction of sp³-hybridized carbons (Fsp3) is 0.217. The predicted octanol–water partition coefficient (Wildman–Crippen LogP) is 5.08. The third kappa shape index (κ3) is 2.87. The minimum Gasteiger partial charge on any atom is -0.252 e. The van der Waals surface area contributed by atoms with E-state index in [4.69, 9.17) is 15.0 Å². The molecule has 0 unspecified atom stereocenters. The standard InChI is InChI=1S/C23H20N4/c1-14-6-4-8-19(24-14)20-12-11-18-13-17-10-9-16-7-3-5-15(2)25-21(16)22(17)27-23(18)26-20/h3-6,8,11-13H,7,9-10H2,1-2H3. The molecule has 0 spiro atoms. The summed E-state index contributed by atoms with van der Waals surface area (Å²) in [6, 6.07) is 12.4. The van der Waals surface area contributed by atoms with E-state index in [1.807, 2.05) is 38.1 Å². The van der Waals surface area contributed by atoms with Crippen molar-refractivity contribution in [2.45, 2.75) is 33.1 Å². The number of aliphatic imine (C=N–C) groups is 1. The molecule has 0 aromatic carbocycles. The fourth-order valence-corrected chi connectivity index (χ4v) is 3.81. The van der Waals surface area contributed by atoms with Crippen molar-refractivity contribution in [3.05, 3.63) is 71.1 Å². The summed E-state index contributed by atoms with van der Waals surface area (Å²) in [5, 5.41) is 1.07. The van der Waals surface area contributed by atoms with E-state index in [1.165, 1.54) is 11.1 Å². The SMILES string of the molecule is CC1=NC2=C(CC=C1)CCc1cc3ccc(-c4cccc(C)n4)nc3nc12. The van der Waals surface area contributed by atoms with Crippen LogP contribution in [0.1, 0.15) is 36.7 Å². The number of hydrogen-bond acceptors (Lipinski definition) is 4. The second-order valence-electron chi connectivity index (χ2n) is 7.22. The average Bonchev–Trinajstić information content (AvgIpc) is 2.87. The van der Waals surface area contributed by atoms with Crippen LogP contribution in [0.3, 0.4) is 0 Å². The molecule has 0 radical (unpaired) electrons. The van der Waals surface area contributed by atoms with E-state index >= 15 is 0 Å². The van der Waals surface area contributed by atoms with Gasteiger partial charge in [0.2, 0.25) is 0 Å². The molecule has 0 saturated heterocycles. The van der Waals surface area contributed by atoms with Crippen LogP contribution in [0.15, 0.2) is 59.1 Å². The summed E-state index contributed by atoms with van der Waals surface area (Å²) in [5.41, 5.74) is 9.18. The first kappa shape index (κ1) is 16.1. The van der Waals surface area contributed by atoms with Gasteiger partial charge >= 0.3 is 0 Å². The summed E-state index contributed by atoms with van der Waals surface area (Å²) in [6.07, 6.45) is 7.32. The lowest BCUT2D eigenvalue weighted by molar-refractivity contribution is 0.876. The van der Waals surface area contributed by atoms with Crippen LogP contribution in [0.25, 0.3) is 28.1 Å². The first-order chi connectivity index (χ1) is 13.2. The van der Waals surface area contributed by atoms with Gasteiger partial charge in [0.15, 0.2) is 5.65 Å². The first-order valence-electron chi connectivity index (χ1n) is 9.36. The second-order valence-corrected chi connectivity index (χ2v) is 7.22. The Morgan fingerprint density at radius 1 is 0.889 bits per heavy atom. The van der Waals surface area contributed by atoms with Gasteiger partial charge < -0.3 is 0 Å². The van der Waals surface area contributed by atoms with Crippen LogP contribution < -0.4 is 0 Å². The number of hydrogen-bond donors (Lipinski definition) is 0. The fourth-order valence-electron chi connectivity index (χ4n) is 3.81. The topological polar surface area (TPSA) is 51.0 Å². The van der Waals surface area contributed by atoms with Crippen molar-refractivity contribution in [1.82, 2.24) is 15.0 Å². The van der Waals surface area contributed by atoms with Crippen molar-refractivity contribution in [3.63, 3.8) is 0 Å².